The Balaban J connectivity index is 1.96. The molecule has 0 saturated heterocycles. The van der Waals surface area contributed by atoms with Crippen LogP contribution in [0.4, 0.5) is 5.95 Å². The van der Waals surface area contributed by atoms with E-state index in [0.29, 0.717) is 6.04 Å². The van der Waals surface area contributed by atoms with Crippen LogP contribution in [0.3, 0.4) is 0 Å². The fourth-order valence-electron chi connectivity index (χ4n) is 1.54. The quantitative estimate of drug-likeness (QED) is 0.776. The molecule has 76 valence electrons. The van der Waals surface area contributed by atoms with Crippen molar-refractivity contribution in [3.8, 4) is 0 Å². The molecule has 2 unspecified atom stereocenters. The maximum atomic E-state index is 4.26. The minimum Gasteiger partial charge on any atom is -0.351 e. The number of aromatic nitrogens is 2. The molecule has 0 aliphatic heterocycles. The van der Waals surface area contributed by atoms with Gasteiger partial charge in [-0.15, -0.1) is 11.8 Å². The Kier molecular flexibility index (Phi) is 2.91. The summed E-state index contributed by atoms with van der Waals surface area (Å²) in [6.07, 6.45) is 8.32. The van der Waals surface area contributed by atoms with Gasteiger partial charge >= 0.3 is 0 Å². The van der Waals surface area contributed by atoms with Crippen LogP contribution in [0.2, 0.25) is 0 Å². The molecule has 0 aromatic carbocycles. The van der Waals surface area contributed by atoms with Crippen LogP contribution in [-0.4, -0.2) is 22.3 Å². The van der Waals surface area contributed by atoms with Gasteiger partial charge in [0, 0.05) is 23.3 Å². The Morgan fingerprint density at radius 1 is 1.36 bits per heavy atom. The summed E-state index contributed by atoms with van der Waals surface area (Å²) in [7, 11) is 0. The van der Waals surface area contributed by atoms with E-state index < -0.39 is 0 Å². The van der Waals surface area contributed by atoms with Crippen LogP contribution >= 0.6 is 11.8 Å². The van der Waals surface area contributed by atoms with E-state index in [9.17, 15) is 0 Å². The van der Waals surface area contributed by atoms with E-state index in [4.69, 9.17) is 0 Å². The molecule has 0 bridgehead atoms. The minimum atomic E-state index is 0.579. The Hall–Kier alpha value is -0.770. The summed E-state index contributed by atoms with van der Waals surface area (Å²) in [5.74, 6) is 1.53. The average Bonchev–Trinajstić information content (AvgIpc) is 2.24. The van der Waals surface area contributed by atoms with E-state index in [2.05, 4.69) is 22.2 Å². The number of thioether (sulfide) groups is 1. The van der Waals surface area contributed by atoms with Crippen molar-refractivity contribution in [1.82, 2.24) is 9.97 Å². The third-order valence-electron chi connectivity index (χ3n) is 2.80. The lowest BCUT2D eigenvalue weighted by atomic mass is 9.81. The molecule has 1 fully saturated rings. The minimum absolute atomic E-state index is 0.579. The Labute approximate surface area is 88.7 Å². The molecule has 14 heavy (non-hydrogen) atoms. The van der Waals surface area contributed by atoms with E-state index in [1.165, 1.54) is 12.8 Å². The third-order valence-corrected chi connectivity index (χ3v) is 3.48. The van der Waals surface area contributed by atoms with Gasteiger partial charge in [-0.2, -0.15) is 0 Å². The SMILES string of the molecule is CSc1cnc(NC2CCC2C)nc1. The predicted molar refractivity (Wildman–Crippen MR) is 59.6 cm³/mol. The van der Waals surface area contributed by atoms with Crippen molar-refractivity contribution < 1.29 is 0 Å². The summed E-state index contributed by atoms with van der Waals surface area (Å²) in [5, 5.41) is 3.35. The predicted octanol–water partition coefficient (Wildman–Crippen LogP) is 2.41. The van der Waals surface area contributed by atoms with Crippen molar-refractivity contribution >= 4 is 17.7 Å². The second kappa shape index (κ2) is 4.17. The number of rotatable bonds is 3. The first-order chi connectivity index (χ1) is 6.79. The first-order valence-electron chi connectivity index (χ1n) is 4.92. The van der Waals surface area contributed by atoms with Crippen LogP contribution in [0.15, 0.2) is 17.3 Å². The summed E-state index contributed by atoms with van der Waals surface area (Å²) in [4.78, 5) is 9.63. The van der Waals surface area contributed by atoms with Gasteiger partial charge in [0.2, 0.25) is 5.95 Å². The second-order valence-electron chi connectivity index (χ2n) is 3.75. The smallest absolute Gasteiger partial charge is 0.222 e. The normalized spacial score (nSPS) is 25.6. The van der Waals surface area contributed by atoms with Gasteiger partial charge in [0.15, 0.2) is 0 Å². The van der Waals surface area contributed by atoms with Gasteiger partial charge in [-0.25, -0.2) is 9.97 Å². The van der Waals surface area contributed by atoms with Crippen molar-refractivity contribution in [1.29, 1.82) is 0 Å². The molecule has 2 rings (SSSR count). The third kappa shape index (κ3) is 2.00. The Morgan fingerprint density at radius 2 is 2.07 bits per heavy atom. The largest absolute Gasteiger partial charge is 0.351 e. The van der Waals surface area contributed by atoms with E-state index in [-0.39, 0.29) is 0 Å². The van der Waals surface area contributed by atoms with Crippen LogP contribution in [0.5, 0.6) is 0 Å². The zero-order valence-corrected chi connectivity index (χ0v) is 9.34. The van der Waals surface area contributed by atoms with E-state index in [0.717, 1.165) is 16.8 Å². The fourth-order valence-corrected chi connectivity index (χ4v) is 1.86. The molecule has 1 aromatic rings. The van der Waals surface area contributed by atoms with Crippen molar-refractivity contribution in [3.63, 3.8) is 0 Å². The van der Waals surface area contributed by atoms with Crippen molar-refractivity contribution in [3.05, 3.63) is 12.4 Å². The van der Waals surface area contributed by atoms with Crippen LogP contribution < -0.4 is 5.32 Å². The summed E-state index contributed by atoms with van der Waals surface area (Å²) >= 11 is 1.66. The monoisotopic (exact) mass is 209 g/mol. The number of hydrogen-bond acceptors (Lipinski definition) is 4. The van der Waals surface area contributed by atoms with Crippen LogP contribution in [0, 0.1) is 5.92 Å². The fraction of sp³-hybridized carbons (Fsp3) is 0.600. The van der Waals surface area contributed by atoms with Gasteiger partial charge in [0.1, 0.15) is 0 Å². The zero-order chi connectivity index (χ0) is 9.97. The molecular formula is C10H15N3S. The Bertz CT molecular complexity index is 299. The lowest BCUT2D eigenvalue weighted by molar-refractivity contribution is 0.302. The molecule has 1 N–H and O–H groups in total. The highest BCUT2D eigenvalue weighted by Crippen LogP contribution is 2.28. The summed E-state index contributed by atoms with van der Waals surface area (Å²) in [5.41, 5.74) is 0. The van der Waals surface area contributed by atoms with E-state index in [1.54, 1.807) is 11.8 Å². The van der Waals surface area contributed by atoms with Crippen LogP contribution in [-0.2, 0) is 0 Å². The summed E-state index contributed by atoms with van der Waals surface area (Å²) in [6.45, 7) is 2.26. The first kappa shape index (κ1) is 9.77. The highest BCUT2D eigenvalue weighted by Gasteiger charge is 2.26. The molecule has 0 radical (unpaired) electrons. The molecule has 1 heterocycles. The molecular weight excluding hydrogens is 194 g/mol. The molecule has 3 nitrogen and oxygen atoms in total. The van der Waals surface area contributed by atoms with Gasteiger partial charge in [0.25, 0.3) is 0 Å². The molecule has 4 heteroatoms. The van der Waals surface area contributed by atoms with Gasteiger partial charge in [-0.05, 0) is 25.0 Å². The van der Waals surface area contributed by atoms with Crippen molar-refractivity contribution in [2.45, 2.75) is 30.7 Å². The van der Waals surface area contributed by atoms with Gasteiger partial charge in [-0.3, -0.25) is 0 Å². The summed E-state index contributed by atoms with van der Waals surface area (Å²) < 4.78 is 0. The van der Waals surface area contributed by atoms with Crippen molar-refractivity contribution in [2.75, 3.05) is 11.6 Å². The van der Waals surface area contributed by atoms with E-state index >= 15 is 0 Å². The van der Waals surface area contributed by atoms with Gasteiger partial charge in [0.05, 0.1) is 0 Å². The Morgan fingerprint density at radius 3 is 2.50 bits per heavy atom. The van der Waals surface area contributed by atoms with Crippen LogP contribution in [0.25, 0.3) is 0 Å². The van der Waals surface area contributed by atoms with Crippen LogP contribution in [0.1, 0.15) is 19.8 Å². The van der Waals surface area contributed by atoms with Crippen molar-refractivity contribution in [2.24, 2.45) is 5.92 Å². The number of anilines is 1. The second-order valence-corrected chi connectivity index (χ2v) is 4.63. The summed E-state index contributed by atoms with van der Waals surface area (Å²) in [6, 6.07) is 0.579. The van der Waals surface area contributed by atoms with Gasteiger partial charge in [-0.1, -0.05) is 6.92 Å². The molecule has 0 amide bonds. The highest BCUT2D eigenvalue weighted by molar-refractivity contribution is 7.98. The maximum Gasteiger partial charge on any atom is 0.222 e. The lowest BCUT2D eigenvalue weighted by Gasteiger charge is -2.34. The van der Waals surface area contributed by atoms with E-state index in [1.807, 2.05) is 18.6 Å². The molecule has 2 atom stereocenters. The number of nitrogens with zero attached hydrogens (tertiary/aromatic N) is 2. The molecule has 0 spiro atoms. The standard InChI is InChI=1S/C10H15N3S/c1-7-3-4-9(7)13-10-11-5-8(14-2)6-12-10/h5-7,9H,3-4H2,1-2H3,(H,11,12,13). The maximum absolute atomic E-state index is 4.26. The number of hydrogen-bond donors (Lipinski definition) is 1. The molecule has 1 aliphatic rings. The number of nitrogens with one attached hydrogen (secondary N) is 1. The topological polar surface area (TPSA) is 37.8 Å². The first-order valence-corrected chi connectivity index (χ1v) is 6.14. The lowest BCUT2D eigenvalue weighted by Crippen LogP contribution is -2.36. The molecule has 1 saturated carbocycles. The zero-order valence-electron chi connectivity index (χ0n) is 8.53. The molecule has 1 aromatic heterocycles. The molecule has 1 aliphatic carbocycles. The van der Waals surface area contributed by atoms with Gasteiger partial charge < -0.3 is 5.32 Å². The average molecular weight is 209 g/mol. The highest BCUT2D eigenvalue weighted by atomic mass is 32.2.